The lowest BCUT2D eigenvalue weighted by atomic mass is 10.0. The molecule has 5 nitrogen and oxygen atoms in total. The SMILES string of the molecule is COc1cc(O)c(CCC=O)cc1C(=O)O. The Hall–Kier alpha value is -2.04. The number of benzene rings is 1. The highest BCUT2D eigenvalue weighted by molar-refractivity contribution is 5.91. The summed E-state index contributed by atoms with van der Waals surface area (Å²) in [5.41, 5.74) is 0.395. The van der Waals surface area contributed by atoms with Gasteiger partial charge in [0.25, 0.3) is 0 Å². The second-order valence-electron chi connectivity index (χ2n) is 3.19. The van der Waals surface area contributed by atoms with Gasteiger partial charge in [-0.25, -0.2) is 4.79 Å². The van der Waals surface area contributed by atoms with Gasteiger partial charge >= 0.3 is 5.97 Å². The van der Waals surface area contributed by atoms with Crippen LogP contribution in [0.5, 0.6) is 11.5 Å². The van der Waals surface area contributed by atoms with Crippen LogP contribution in [0.25, 0.3) is 0 Å². The summed E-state index contributed by atoms with van der Waals surface area (Å²) in [6.45, 7) is 0. The number of aldehydes is 1. The number of aromatic carboxylic acids is 1. The van der Waals surface area contributed by atoms with Crippen molar-refractivity contribution in [3.63, 3.8) is 0 Å². The van der Waals surface area contributed by atoms with Crippen molar-refractivity contribution >= 4 is 12.3 Å². The molecule has 0 atom stereocenters. The van der Waals surface area contributed by atoms with Crippen molar-refractivity contribution < 1.29 is 24.5 Å². The zero-order valence-electron chi connectivity index (χ0n) is 8.77. The predicted octanol–water partition coefficient (Wildman–Crippen LogP) is 1.23. The first-order chi connectivity index (χ1) is 7.60. The van der Waals surface area contributed by atoms with Gasteiger partial charge < -0.3 is 19.7 Å². The Morgan fingerprint density at radius 1 is 1.50 bits per heavy atom. The van der Waals surface area contributed by atoms with Gasteiger partial charge in [0.2, 0.25) is 0 Å². The number of carbonyl (C=O) groups is 2. The summed E-state index contributed by atoms with van der Waals surface area (Å²) in [6, 6.07) is 2.56. The number of hydrogen-bond donors (Lipinski definition) is 2. The smallest absolute Gasteiger partial charge is 0.339 e. The van der Waals surface area contributed by atoms with Crippen molar-refractivity contribution in [2.45, 2.75) is 12.8 Å². The molecular formula is C11H12O5. The summed E-state index contributed by atoms with van der Waals surface area (Å²) in [5.74, 6) is -1.10. The van der Waals surface area contributed by atoms with Crippen LogP contribution >= 0.6 is 0 Å². The van der Waals surface area contributed by atoms with Crippen LogP contribution in [0.3, 0.4) is 0 Å². The number of carboxylic acid groups (broad SMARTS) is 1. The lowest BCUT2D eigenvalue weighted by Crippen LogP contribution is -2.02. The second kappa shape index (κ2) is 5.16. The highest BCUT2D eigenvalue weighted by Gasteiger charge is 2.14. The molecule has 0 aliphatic carbocycles. The number of hydrogen-bond acceptors (Lipinski definition) is 4. The monoisotopic (exact) mass is 224 g/mol. The van der Waals surface area contributed by atoms with E-state index in [4.69, 9.17) is 9.84 Å². The molecule has 1 aromatic rings. The minimum Gasteiger partial charge on any atom is -0.508 e. The maximum Gasteiger partial charge on any atom is 0.339 e. The standard InChI is InChI=1S/C11H12O5/c1-16-10-6-9(13)7(3-2-4-12)5-8(10)11(14)15/h4-6,13H,2-3H2,1H3,(H,14,15). The molecule has 0 spiro atoms. The Morgan fingerprint density at radius 3 is 2.69 bits per heavy atom. The normalized spacial score (nSPS) is 9.81. The van der Waals surface area contributed by atoms with Gasteiger partial charge in [-0.05, 0) is 18.1 Å². The van der Waals surface area contributed by atoms with E-state index in [-0.39, 0.29) is 23.5 Å². The molecule has 0 heterocycles. The quantitative estimate of drug-likeness (QED) is 0.735. The van der Waals surface area contributed by atoms with Crippen molar-refractivity contribution in [1.82, 2.24) is 0 Å². The molecule has 0 aliphatic rings. The number of methoxy groups -OCH3 is 1. The minimum atomic E-state index is -1.13. The zero-order valence-corrected chi connectivity index (χ0v) is 8.77. The van der Waals surface area contributed by atoms with Crippen molar-refractivity contribution in [1.29, 1.82) is 0 Å². The van der Waals surface area contributed by atoms with Gasteiger partial charge in [-0.15, -0.1) is 0 Å². The third-order valence-corrected chi connectivity index (χ3v) is 2.16. The van der Waals surface area contributed by atoms with Crippen molar-refractivity contribution in [3.05, 3.63) is 23.3 Å². The van der Waals surface area contributed by atoms with Gasteiger partial charge in [-0.3, -0.25) is 0 Å². The molecule has 0 saturated heterocycles. The number of carboxylic acids is 1. The Balaban J connectivity index is 3.16. The summed E-state index contributed by atoms with van der Waals surface area (Å²) in [5, 5.41) is 18.5. The molecular weight excluding hydrogens is 212 g/mol. The first-order valence-electron chi connectivity index (χ1n) is 4.67. The molecule has 0 amide bonds. The molecule has 86 valence electrons. The lowest BCUT2D eigenvalue weighted by molar-refractivity contribution is -0.107. The number of phenols is 1. The van der Waals surface area contributed by atoms with Gasteiger partial charge in [0.1, 0.15) is 23.3 Å². The fraction of sp³-hybridized carbons (Fsp3) is 0.273. The molecule has 16 heavy (non-hydrogen) atoms. The molecule has 5 heteroatoms. The van der Waals surface area contributed by atoms with Crippen molar-refractivity contribution in [3.8, 4) is 11.5 Å². The van der Waals surface area contributed by atoms with E-state index in [1.165, 1.54) is 19.2 Å². The number of carbonyl (C=O) groups excluding carboxylic acids is 1. The van der Waals surface area contributed by atoms with E-state index < -0.39 is 5.97 Å². The molecule has 0 unspecified atom stereocenters. The Bertz CT molecular complexity index is 411. The maximum absolute atomic E-state index is 10.9. The average molecular weight is 224 g/mol. The number of ether oxygens (including phenoxy) is 1. The molecule has 1 aromatic carbocycles. The largest absolute Gasteiger partial charge is 0.508 e. The lowest BCUT2D eigenvalue weighted by Gasteiger charge is -2.09. The minimum absolute atomic E-state index is 0.0267. The zero-order chi connectivity index (χ0) is 12.1. The van der Waals surface area contributed by atoms with Crippen LogP contribution in [0.15, 0.2) is 12.1 Å². The van der Waals surface area contributed by atoms with Crippen LogP contribution in [-0.2, 0) is 11.2 Å². The topological polar surface area (TPSA) is 83.8 Å². The van der Waals surface area contributed by atoms with Crippen molar-refractivity contribution in [2.24, 2.45) is 0 Å². The van der Waals surface area contributed by atoms with Gasteiger partial charge in [-0.1, -0.05) is 0 Å². The molecule has 0 saturated carbocycles. The summed E-state index contributed by atoms with van der Waals surface area (Å²) in [7, 11) is 1.33. The molecule has 2 N–H and O–H groups in total. The first-order valence-corrected chi connectivity index (χ1v) is 4.67. The highest BCUT2D eigenvalue weighted by atomic mass is 16.5. The molecule has 1 rings (SSSR count). The van der Waals surface area contributed by atoms with Gasteiger partial charge in [0.15, 0.2) is 0 Å². The van der Waals surface area contributed by atoms with E-state index in [9.17, 15) is 14.7 Å². The maximum atomic E-state index is 10.9. The fourth-order valence-corrected chi connectivity index (χ4v) is 1.36. The van der Waals surface area contributed by atoms with Crippen LogP contribution in [0.4, 0.5) is 0 Å². The third kappa shape index (κ3) is 2.50. The first kappa shape index (κ1) is 12.0. The van der Waals surface area contributed by atoms with Gasteiger partial charge in [0, 0.05) is 12.5 Å². The molecule has 0 radical (unpaired) electrons. The van der Waals surface area contributed by atoms with Gasteiger partial charge in [0.05, 0.1) is 7.11 Å². The van der Waals surface area contributed by atoms with Crippen LogP contribution in [0, 0.1) is 0 Å². The van der Waals surface area contributed by atoms with E-state index >= 15 is 0 Å². The van der Waals surface area contributed by atoms with E-state index in [0.29, 0.717) is 18.3 Å². The predicted molar refractivity (Wildman–Crippen MR) is 56.0 cm³/mol. The van der Waals surface area contributed by atoms with E-state index in [1.54, 1.807) is 0 Å². The molecule has 0 bridgehead atoms. The van der Waals surface area contributed by atoms with Gasteiger partial charge in [-0.2, -0.15) is 0 Å². The van der Waals surface area contributed by atoms with E-state index in [2.05, 4.69) is 0 Å². The van der Waals surface area contributed by atoms with Crippen LogP contribution in [0.2, 0.25) is 0 Å². The Morgan fingerprint density at radius 2 is 2.19 bits per heavy atom. The van der Waals surface area contributed by atoms with Crippen LogP contribution in [0.1, 0.15) is 22.3 Å². The van der Waals surface area contributed by atoms with Crippen LogP contribution < -0.4 is 4.74 Å². The number of aryl methyl sites for hydroxylation is 1. The van der Waals surface area contributed by atoms with Crippen LogP contribution in [-0.4, -0.2) is 29.6 Å². The molecule has 0 aliphatic heterocycles. The van der Waals surface area contributed by atoms with Crippen molar-refractivity contribution in [2.75, 3.05) is 7.11 Å². The Kier molecular flexibility index (Phi) is 3.88. The summed E-state index contributed by atoms with van der Waals surface area (Å²) >= 11 is 0. The summed E-state index contributed by atoms with van der Waals surface area (Å²) in [6.07, 6.45) is 1.25. The van der Waals surface area contributed by atoms with E-state index in [0.717, 1.165) is 0 Å². The summed E-state index contributed by atoms with van der Waals surface area (Å²) in [4.78, 5) is 21.1. The average Bonchev–Trinajstić information content (AvgIpc) is 2.26. The molecule has 0 fully saturated rings. The second-order valence-corrected chi connectivity index (χ2v) is 3.19. The Labute approximate surface area is 92.3 Å². The number of rotatable bonds is 5. The number of phenolic OH excluding ortho intramolecular Hbond substituents is 1. The highest BCUT2D eigenvalue weighted by Crippen LogP contribution is 2.28. The van der Waals surface area contributed by atoms with E-state index in [1.807, 2.05) is 0 Å². The third-order valence-electron chi connectivity index (χ3n) is 2.16. The fourth-order valence-electron chi connectivity index (χ4n) is 1.36. The number of aromatic hydroxyl groups is 1. The molecule has 0 aromatic heterocycles. The summed E-state index contributed by atoms with van der Waals surface area (Å²) < 4.78 is 4.84.